The SMILES string of the molecule is Cc1cccc(-n2nc3c(c2-n2cccc2)CN(C(=O)C(C)Oc2ccccc2)C3)c1. The van der Waals surface area contributed by atoms with Gasteiger partial charge in [0.15, 0.2) is 6.10 Å². The highest BCUT2D eigenvalue weighted by Crippen LogP contribution is 2.31. The molecule has 0 spiro atoms. The third-order valence-electron chi connectivity index (χ3n) is 5.54. The van der Waals surface area contributed by atoms with Gasteiger partial charge in [-0.1, -0.05) is 30.3 Å². The van der Waals surface area contributed by atoms with Crippen molar-refractivity contribution in [2.24, 2.45) is 0 Å². The predicted molar refractivity (Wildman–Crippen MR) is 118 cm³/mol. The average Bonchev–Trinajstić information content (AvgIpc) is 3.50. The summed E-state index contributed by atoms with van der Waals surface area (Å²) >= 11 is 0. The van der Waals surface area contributed by atoms with E-state index in [-0.39, 0.29) is 5.91 Å². The van der Waals surface area contributed by atoms with Gasteiger partial charge in [0.1, 0.15) is 11.6 Å². The minimum absolute atomic E-state index is 0.0394. The van der Waals surface area contributed by atoms with Crippen LogP contribution in [0, 0.1) is 6.92 Å². The minimum atomic E-state index is -0.565. The number of nitrogens with zero attached hydrogens (tertiary/aromatic N) is 4. The summed E-state index contributed by atoms with van der Waals surface area (Å²) < 4.78 is 9.89. The van der Waals surface area contributed by atoms with Gasteiger partial charge in [-0.05, 0) is 55.8 Å². The van der Waals surface area contributed by atoms with Crippen LogP contribution in [0.5, 0.6) is 5.75 Å². The molecule has 156 valence electrons. The molecule has 0 saturated carbocycles. The number of carbonyl (C=O) groups excluding carboxylic acids is 1. The van der Waals surface area contributed by atoms with Crippen LogP contribution in [0.15, 0.2) is 79.1 Å². The molecule has 0 radical (unpaired) electrons. The van der Waals surface area contributed by atoms with E-state index in [2.05, 4.69) is 29.7 Å². The lowest BCUT2D eigenvalue weighted by Gasteiger charge is -2.22. The Morgan fingerprint density at radius 3 is 2.52 bits per heavy atom. The maximum Gasteiger partial charge on any atom is 0.264 e. The van der Waals surface area contributed by atoms with Gasteiger partial charge in [0.05, 0.1) is 24.5 Å². The molecule has 31 heavy (non-hydrogen) atoms. The minimum Gasteiger partial charge on any atom is -0.481 e. The summed E-state index contributed by atoms with van der Waals surface area (Å²) in [6, 6.07) is 21.7. The second kappa shape index (κ2) is 7.80. The molecule has 0 bridgehead atoms. The first-order valence-corrected chi connectivity index (χ1v) is 10.4. The van der Waals surface area contributed by atoms with Crippen LogP contribution in [0.1, 0.15) is 23.7 Å². The molecule has 1 aliphatic heterocycles. The van der Waals surface area contributed by atoms with Gasteiger partial charge in [-0.15, -0.1) is 0 Å². The number of hydrogen-bond acceptors (Lipinski definition) is 3. The molecule has 0 fully saturated rings. The van der Waals surface area contributed by atoms with Crippen LogP contribution in [-0.2, 0) is 17.9 Å². The van der Waals surface area contributed by atoms with Gasteiger partial charge in [0, 0.05) is 18.0 Å². The number of ether oxygens (including phenoxy) is 1. The molecule has 2 aromatic carbocycles. The highest BCUT2D eigenvalue weighted by Gasteiger charge is 2.33. The normalized spacial score (nSPS) is 13.8. The van der Waals surface area contributed by atoms with Crippen molar-refractivity contribution in [3.8, 4) is 17.3 Å². The number of benzene rings is 2. The van der Waals surface area contributed by atoms with E-state index in [0.29, 0.717) is 18.8 Å². The Morgan fingerprint density at radius 1 is 1.00 bits per heavy atom. The van der Waals surface area contributed by atoms with Gasteiger partial charge in [-0.3, -0.25) is 4.79 Å². The monoisotopic (exact) mass is 412 g/mol. The first-order valence-electron chi connectivity index (χ1n) is 10.4. The van der Waals surface area contributed by atoms with Crippen molar-refractivity contribution in [3.05, 3.63) is 95.9 Å². The van der Waals surface area contributed by atoms with Crippen LogP contribution in [-0.4, -0.2) is 31.3 Å². The van der Waals surface area contributed by atoms with E-state index in [1.807, 2.05) is 70.5 Å². The maximum atomic E-state index is 13.1. The fourth-order valence-corrected chi connectivity index (χ4v) is 4.05. The first kappa shape index (κ1) is 19.2. The second-order valence-electron chi connectivity index (χ2n) is 7.86. The van der Waals surface area contributed by atoms with E-state index < -0.39 is 6.10 Å². The molecule has 0 saturated heterocycles. The molecule has 1 unspecified atom stereocenters. The number of aromatic nitrogens is 3. The third kappa shape index (κ3) is 3.61. The molecule has 0 aliphatic carbocycles. The molecular formula is C25H24N4O2. The number of fused-ring (bicyclic) bond motifs is 1. The van der Waals surface area contributed by atoms with Gasteiger partial charge in [0.2, 0.25) is 0 Å². The number of aryl methyl sites for hydroxylation is 1. The highest BCUT2D eigenvalue weighted by atomic mass is 16.5. The fraction of sp³-hybridized carbons (Fsp3) is 0.200. The van der Waals surface area contributed by atoms with E-state index in [0.717, 1.165) is 22.8 Å². The van der Waals surface area contributed by atoms with Gasteiger partial charge in [-0.2, -0.15) is 5.10 Å². The molecule has 6 heteroatoms. The van der Waals surface area contributed by atoms with Crippen LogP contribution in [0.4, 0.5) is 0 Å². The van der Waals surface area contributed by atoms with Gasteiger partial charge in [-0.25, -0.2) is 4.68 Å². The van der Waals surface area contributed by atoms with Crippen LogP contribution >= 0.6 is 0 Å². The average molecular weight is 412 g/mol. The first-order chi connectivity index (χ1) is 15.1. The summed E-state index contributed by atoms with van der Waals surface area (Å²) in [5, 5.41) is 4.90. The smallest absolute Gasteiger partial charge is 0.264 e. The molecule has 2 aromatic heterocycles. The lowest BCUT2D eigenvalue weighted by atomic mass is 10.2. The Kier molecular flexibility index (Phi) is 4.82. The van der Waals surface area contributed by atoms with E-state index in [1.54, 1.807) is 6.92 Å². The molecule has 4 aromatic rings. The number of hydrogen-bond donors (Lipinski definition) is 0. The summed E-state index contributed by atoms with van der Waals surface area (Å²) in [7, 11) is 0. The van der Waals surface area contributed by atoms with E-state index in [9.17, 15) is 4.79 Å². The molecule has 1 atom stereocenters. The van der Waals surface area contributed by atoms with Crippen molar-refractivity contribution in [2.45, 2.75) is 33.0 Å². The van der Waals surface area contributed by atoms with Gasteiger partial charge >= 0.3 is 0 Å². The molecular weight excluding hydrogens is 388 g/mol. The molecule has 1 amide bonds. The number of amides is 1. The summed E-state index contributed by atoms with van der Waals surface area (Å²) in [5.74, 6) is 1.62. The third-order valence-corrected chi connectivity index (χ3v) is 5.54. The Morgan fingerprint density at radius 2 is 1.77 bits per heavy atom. The van der Waals surface area contributed by atoms with Crippen LogP contribution in [0.2, 0.25) is 0 Å². The zero-order valence-electron chi connectivity index (χ0n) is 17.6. The molecule has 5 rings (SSSR count). The lowest BCUT2D eigenvalue weighted by Crippen LogP contribution is -2.37. The van der Waals surface area contributed by atoms with E-state index in [1.165, 1.54) is 5.56 Å². The summed E-state index contributed by atoms with van der Waals surface area (Å²) in [4.78, 5) is 14.9. The molecule has 3 heterocycles. The molecule has 0 N–H and O–H groups in total. The van der Waals surface area contributed by atoms with Crippen LogP contribution in [0.3, 0.4) is 0 Å². The highest BCUT2D eigenvalue weighted by molar-refractivity contribution is 5.81. The molecule has 1 aliphatic rings. The topological polar surface area (TPSA) is 52.3 Å². The largest absolute Gasteiger partial charge is 0.481 e. The lowest BCUT2D eigenvalue weighted by molar-refractivity contribution is -0.138. The van der Waals surface area contributed by atoms with Crippen molar-refractivity contribution >= 4 is 5.91 Å². The fourth-order valence-electron chi connectivity index (χ4n) is 4.05. The van der Waals surface area contributed by atoms with E-state index in [4.69, 9.17) is 9.84 Å². The van der Waals surface area contributed by atoms with Gasteiger partial charge < -0.3 is 14.2 Å². The van der Waals surface area contributed by atoms with Crippen molar-refractivity contribution in [3.63, 3.8) is 0 Å². The van der Waals surface area contributed by atoms with Crippen molar-refractivity contribution in [1.29, 1.82) is 0 Å². The van der Waals surface area contributed by atoms with Crippen molar-refractivity contribution in [1.82, 2.24) is 19.2 Å². The standard InChI is InChI=1S/C25H24N4O2/c1-18-9-8-10-20(15-18)29-24(27-13-6-7-14-27)22-16-28(17-23(22)26-29)25(30)19(2)31-21-11-4-3-5-12-21/h3-15,19H,16-17H2,1-2H3. The number of para-hydroxylation sites is 1. The van der Waals surface area contributed by atoms with E-state index >= 15 is 0 Å². The van der Waals surface area contributed by atoms with Gasteiger partial charge in [0.25, 0.3) is 5.91 Å². The predicted octanol–water partition coefficient (Wildman–Crippen LogP) is 4.28. The van der Waals surface area contributed by atoms with Crippen molar-refractivity contribution < 1.29 is 9.53 Å². The number of carbonyl (C=O) groups is 1. The summed E-state index contributed by atoms with van der Waals surface area (Å²) in [6.45, 7) is 4.86. The Hall–Kier alpha value is -3.80. The maximum absolute atomic E-state index is 13.1. The zero-order chi connectivity index (χ0) is 21.4. The van der Waals surface area contributed by atoms with Crippen molar-refractivity contribution in [2.75, 3.05) is 0 Å². The van der Waals surface area contributed by atoms with Crippen LogP contribution < -0.4 is 4.74 Å². The summed E-state index contributed by atoms with van der Waals surface area (Å²) in [5.41, 5.74) is 4.18. The number of rotatable bonds is 5. The zero-order valence-corrected chi connectivity index (χ0v) is 17.6. The summed E-state index contributed by atoms with van der Waals surface area (Å²) in [6.07, 6.45) is 3.45. The van der Waals surface area contributed by atoms with Crippen LogP contribution in [0.25, 0.3) is 11.5 Å². The second-order valence-corrected chi connectivity index (χ2v) is 7.86. The Balaban J connectivity index is 1.44. The Bertz CT molecular complexity index is 1210. The Labute approximate surface area is 181 Å². The quantitative estimate of drug-likeness (QED) is 0.492. The molecule has 6 nitrogen and oxygen atoms in total.